The van der Waals surface area contributed by atoms with E-state index in [4.69, 9.17) is 4.74 Å². The van der Waals surface area contributed by atoms with Gasteiger partial charge in [0.05, 0.1) is 0 Å². The first kappa shape index (κ1) is 15.9. The molecule has 0 saturated heterocycles. The molecule has 0 aromatic rings. The van der Waals surface area contributed by atoms with Crippen molar-refractivity contribution in [2.24, 2.45) is 5.41 Å². The van der Waals surface area contributed by atoms with Crippen LogP contribution in [-0.4, -0.2) is 51.3 Å². The standard InChI is InChI=1S/C15H32N2O/c1-5-15(6-2,12-16-14-8-9-14)13-17(3)10-7-11-18-4/h14,16H,5-13H2,1-4H3. The molecule has 0 aromatic carbocycles. The molecule has 0 heterocycles. The van der Waals surface area contributed by atoms with Crippen LogP contribution in [0.3, 0.4) is 0 Å². The molecule has 1 saturated carbocycles. The van der Waals surface area contributed by atoms with Gasteiger partial charge in [0.15, 0.2) is 0 Å². The van der Waals surface area contributed by atoms with Crippen LogP contribution in [0.5, 0.6) is 0 Å². The Morgan fingerprint density at radius 2 is 1.94 bits per heavy atom. The van der Waals surface area contributed by atoms with Crippen LogP contribution in [0, 0.1) is 5.41 Å². The van der Waals surface area contributed by atoms with Gasteiger partial charge in [0.2, 0.25) is 0 Å². The molecule has 0 radical (unpaired) electrons. The zero-order valence-corrected chi connectivity index (χ0v) is 12.8. The van der Waals surface area contributed by atoms with Crippen molar-refractivity contribution in [3.05, 3.63) is 0 Å². The maximum atomic E-state index is 5.12. The van der Waals surface area contributed by atoms with E-state index >= 15 is 0 Å². The molecule has 1 aliphatic rings. The molecular weight excluding hydrogens is 224 g/mol. The number of ether oxygens (including phenoxy) is 1. The Kier molecular flexibility index (Phi) is 7.20. The molecule has 1 aliphatic carbocycles. The third-order valence-corrected chi connectivity index (χ3v) is 4.34. The lowest BCUT2D eigenvalue weighted by Crippen LogP contribution is -2.43. The first-order valence-electron chi connectivity index (χ1n) is 7.56. The minimum atomic E-state index is 0.449. The third kappa shape index (κ3) is 5.68. The third-order valence-electron chi connectivity index (χ3n) is 4.34. The fourth-order valence-corrected chi connectivity index (χ4v) is 2.56. The van der Waals surface area contributed by atoms with E-state index in [2.05, 4.69) is 31.1 Å². The van der Waals surface area contributed by atoms with Crippen LogP contribution in [0.25, 0.3) is 0 Å². The van der Waals surface area contributed by atoms with Gasteiger partial charge in [-0.05, 0) is 44.6 Å². The predicted octanol–water partition coefficient (Wildman–Crippen LogP) is 2.51. The Labute approximate surface area is 113 Å². The Morgan fingerprint density at radius 1 is 1.28 bits per heavy atom. The largest absolute Gasteiger partial charge is 0.385 e. The van der Waals surface area contributed by atoms with Gasteiger partial charge in [-0.15, -0.1) is 0 Å². The number of nitrogens with zero attached hydrogens (tertiary/aromatic N) is 1. The number of methoxy groups -OCH3 is 1. The van der Waals surface area contributed by atoms with Crippen LogP contribution in [0.15, 0.2) is 0 Å². The van der Waals surface area contributed by atoms with Crippen LogP contribution in [0.2, 0.25) is 0 Å². The van der Waals surface area contributed by atoms with E-state index in [1.54, 1.807) is 7.11 Å². The lowest BCUT2D eigenvalue weighted by molar-refractivity contribution is 0.135. The summed E-state index contributed by atoms with van der Waals surface area (Å²) in [5.74, 6) is 0. The second-order valence-electron chi connectivity index (χ2n) is 5.95. The molecule has 1 rings (SSSR count). The molecule has 1 fully saturated rings. The van der Waals surface area contributed by atoms with Gasteiger partial charge >= 0.3 is 0 Å². The van der Waals surface area contributed by atoms with Gasteiger partial charge in [-0.2, -0.15) is 0 Å². The topological polar surface area (TPSA) is 24.5 Å². The molecule has 108 valence electrons. The zero-order chi connectivity index (χ0) is 13.4. The van der Waals surface area contributed by atoms with E-state index in [9.17, 15) is 0 Å². The van der Waals surface area contributed by atoms with Crippen molar-refractivity contribution in [1.82, 2.24) is 10.2 Å². The van der Waals surface area contributed by atoms with Crippen molar-refractivity contribution in [3.8, 4) is 0 Å². The first-order valence-corrected chi connectivity index (χ1v) is 7.56. The van der Waals surface area contributed by atoms with E-state index in [-0.39, 0.29) is 0 Å². The van der Waals surface area contributed by atoms with E-state index in [1.807, 2.05) is 0 Å². The molecule has 0 amide bonds. The monoisotopic (exact) mass is 256 g/mol. The van der Waals surface area contributed by atoms with Gasteiger partial charge in [-0.1, -0.05) is 13.8 Å². The van der Waals surface area contributed by atoms with Crippen LogP contribution in [-0.2, 0) is 4.74 Å². The van der Waals surface area contributed by atoms with E-state index in [0.717, 1.165) is 25.6 Å². The highest BCUT2D eigenvalue weighted by molar-refractivity contribution is 4.88. The number of hydrogen-bond acceptors (Lipinski definition) is 3. The predicted molar refractivity (Wildman–Crippen MR) is 78.0 cm³/mol. The Bertz CT molecular complexity index is 213. The minimum absolute atomic E-state index is 0.449. The summed E-state index contributed by atoms with van der Waals surface area (Å²) in [7, 11) is 4.02. The van der Waals surface area contributed by atoms with Crippen molar-refractivity contribution >= 4 is 0 Å². The highest BCUT2D eigenvalue weighted by Gasteiger charge is 2.30. The van der Waals surface area contributed by atoms with Crippen LogP contribution in [0.1, 0.15) is 46.0 Å². The van der Waals surface area contributed by atoms with Crippen LogP contribution in [0.4, 0.5) is 0 Å². The number of hydrogen-bond donors (Lipinski definition) is 1. The summed E-state index contributed by atoms with van der Waals surface area (Å²) in [5, 5.41) is 3.72. The molecule has 18 heavy (non-hydrogen) atoms. The van der Waals surface area contributed by atoms with Gasteiger partial charge in [0.25, 0.3) is 0 Å². The lowest BCUT2D eigenvalue weighted by atomic mass is 9.81. The summed E-state index contributed by atoms with van der Waals surface area (Å²) in [4.78, 5) is 2.47. The van der Waals surface area contributed by atoms with Gasteiger partial charge in [-0.3, -0.25) is 0 Å². The number of rotatable bonds is 11. The summed E-state index contributed by atoms with van der Waals surface area (Å²) < 4.78 is 5.12. The van der Waals surface area contributed by atoms with Crippen LogP contribution < -0.4 is 5.32 Å². The molecule has 0 atom stereocenters. The summed E-state index contributed by atoms with van der Waals surface area (Å²) in [6.45, 7) is 9.06. The Hall–Kier alpha value is -0.120. The van der Waals surface area contributed by atoms with E-state index < -0.39 is 0 Å². The molecule has 0 aromatic heterocycles. The van der Waals surface area contributed by atoms with Gasteiger partial charge in [0, 0.05) is 39.4 Å². The second kappa shape index (κ2) is 8.13. The molecule has 3 nitrogen and oxygen atoms in total. The molecule has 3 heteroatoms. The molecule has 0 unspecified atom stereocenters. The maximum absolute atomic E-state index is 5.12. The van der Waals surface area contributed by atoms with Crippen molar-refractivity contribution in [1.29, 1.82) is 0 Å². The molecule has 0 aliphatic heterocycles. The van der Waals surface area contributed by atoms with Gasteiger partial charge < -0.3 is 15.0 Å². The average molecular weight is 256 g/mol. The lowest BCUT2D eigenvalue weighted by Gasteiger charge is -2.36. The Balaban J connectivity index is 2.33. The zero-order valence-electron chi connectivity index (χ0n) is 12.8. The SMILES string of the molecule is CCC(CC)(CNC1CC1)CN(C)CCCOC. The summed E-state index contributed by atoms with van der Waals surface area (Å²) in [5.41, 5.74) is 0.449. The second-order valence-corrected chi connectivity index (χ2v) is 5.95. The minimum Gasteiger partial charge on any atom is -0.385 e. The highest BCUT2D eigenvalue weighted by Crippen LogP contribution is 2.29. The smallest absolute Gasteiger partial charge is 0.0474 e. The summed E-state index contributed by atoms with van der Waals surface area (Å²) >= 11 is 0. The highest BCUT2D eigenvalue weighted by atomic mass is 16.5. The fourth-order valence-electron chi connectivity index (χ4n) is 2.56. The molecule has 0 spiro atoms. The quantitative estimate of drug-likeness (QED) is 0.575. The van der Waals surface area contributed by atoms with Crippen molar-refractivity contribution in [3.63, 3.8) is 0 Å². The van der Waals surface area contributed by atoms with Crippen molar-refractivity contribution in [2.45, 2.75) is 52.0 Å². The van der Waals surface area contributed by atoms with Gasteiger partial charge in [-0.25, -0.2) is 0 Å². The summed E-state index contributed by atoms with van der Waals surface area (Å²) in [6, 6.07) is 0.821. The van der Waals surface area contributed by atoms with Crippen molar-refractivity contribution < 1.29 is 4.74 Å². The summed E-state index contributed by atoms with van der Waals surface area (Å²) in [6.07, 6.45) is 6.42. The van der Waals surface area contributed by atoms with Crippen molar-refractivity contribution in [2.75, 3.05) is 40.4 Å². The normalized spacial score (nSPS) is 16.5. The maximum Gasteiger partial charge on any atom is 0.0474 e. The Morgan fingerprint density at radius 3 is 2.44 bits per heavy atom. The first-order chi connectivity index (χ1) is 8.65. The molecular formula is C15H32N2O. The molecule has 0 bridgehead atoms. The number of nitrogens with one attached hydrogen (secondary N) is 1. The van der Waals surface area contributed by atoms with E-state index in [1.165, 1.54) is 38.8 Å². The van der Waals surface area contributed by atoms with E-state index in [0.29, 0.717) is 5.41 Å². The van der Waals surface area contributed by atoms with Gasteiger partial charge in [0.1, 0.15) is 0 Å². The molecule has 1 N–H and O–H groups in total. The average Bonchev–Trinajstić information content (AvgIpc) is 3.19. The van der Waals surface area contributed by atoms with Crippen LogP contribution >= 0.6 is 0 Å². The fraction of sp³-hybridized carbons (Fsp3) is 1.00.